The maximum absolute atomic E-state index is 12.8. The maximum atomic E-state index is 12.8. The maximum Gasteiger partial charge on any atom is 0.263 e. The summed E-state index contributed by atoms with van der Waals surface area (Å²) in [5.74, 6) is 3.09. The summed E-state index contributed by atoms with van der Waals surface area (Å²) in [6, 6.07) is 0. The van der Waals surface area contributed by atoms with Gasteiger partial charge >= 0.3 is 0 Å². The van der Waals surface area contributed by atoms with E-state index in [2.05, 4.69) is 40.8 Å². The van der Waals surface area contributed by atoms with Crippen molar-refractivity contribution in [1.82, 2.24) is 15.2 Å². The summed E-state index contributed by atoms with van der Waals surface area (Å²) in [6.07, 6.45) is 5.97. The van der Waals surface area contributed by atoms with Crippen LogP contribution in [0.5, 0.6) is 0 Å². The highest BCUT2D eigenvalue weighted by Gasteiger charge is 2.40. The SMILES string of the molecule is Cc1nc(CC(C)C)sc1C(=O)NCC1(N2CCSCC2)CCCC1. The number of aromatic nitrogens is 1. The van der Waals surface area contributed by atoms with Crippen molar-refractivity contribution in [3.63, 3.8) is 0 Å². The number of amides is 1. The Kier molecular flexibility index (Phi) is 6.44. The van der Waals surface area contributed by atoms with Crippen molar-refractivity contribution >= 4 is 29.0 Å². The molecule has 0 bridgehead atoms. The summed E-state index contributed by atoms with van der Waals surface area (Å²) in [5, 5.41) is 4.35. The summed E-state index contributed by atoms with van der Waals surface area (Å²) in [5.41, 5.74) is 1.07. The summed E-state index contributed by atoms with van der Waals surface area (Å²) < 4.78 is 0. The fourth-order valence-electron chi connectivity index (χ4n) is 4.10. The van der Waals surface area contributed by atoms with Gasteiger partial charge in [0, 0.05) is 43.1 Å². The molecule has 1 aromatic heterocycles. The molecule has 4 nitrogen and oxygen atoms in total. The smallest absolute Gasteiger partial charge is 0.263 e. The number of rotatable bonds is 6. The lowest BCUT2D eigenvalue weighted by atomic mass is 9.94. The Labute approximate surface area is 160 Å². The zero-order valence-electron chi connectivity index (χ0n) is 15.8. The van der Waals surface area contributed by atoms with Crippen molar-refractivity contribution in [2.75, 3.05) is 31.1 Å². The van der Waals surface area contributed by atoms with Gasteiger partial charge in [0.15, 0.2) is 0 Å². The van der Waals surface area contributed by atoms with Gasteiger partial charge in [0.05, 0.1) is 10.7 Å². The molecule has 0 unspecified atom stereocenters. The lowest BCUT2D eigenvalue weighted by molar-refractivity contribution is 0.0820. The molecule has 0 radical (unpaired) electrons. The van der Waals surface area contributed by atoms with Gasteiger partial charge in [0.1, 0.15) is 4.88 Å². The van der Waals surface area contributed by atoms with Crippen LogP contribution in [-0.2, 0) is 6.42 Å². The first-order valence-electron chi connectivity index (χ1n) is 9.57. The molecule has 0 spiro atoms. The summed E-state index contributed by atoms with van der Waals surface area (Å²) in [6.45, 7) is 9.46. The predicted molar refractivity (Wildman–Crippen MR) is 108 cm³/mol. The van der Waals surface area contributed by atoms with Crippen LogP contribution in [0.15, 0.2) is 0 Å². The molecule has 2 fully saturated rings. The number of thioether (sulfide) groups is 1. The van der Waals surface area contributed by atoms with E-state index in [9.17, 15) is 4.79 Å². The molecule has 0 aromatic carbocycles. The Morgan fingerprint density at radius 3 is 2.60 bits per heavy atom. The molecule has 25 heavy (non-hydrogen) atoms. The Bertz CT molecular complexity index is 587. The number of hydrogen-bond acceptors (Lipinski definition) is 5. The van der Waals surface area contributed by atoms with Crippen LogP contribution in [0.4, 0.5) is 0 Å². The fraction of sp³-hybridized carbons (Fsp3) is 0.789. The quantitative estimate of drug-likeness (QED) is 0.815. The van der Waals surface area contributed by atoms with Crippen LogP contribution in [0.2, 0.25) is 0 Å². The van der Waals surface area contributed by atoms with E-state index in [0.29, 0.717) is 5.92 Å². The van der Waals surface area contributed by atoms with Gasteiger partial charge in [0.2, 0.25) is 0 Å². The van der Waals surface area contributed by atoms with Crippen molar-refractivity contribution in [3.05, 3.63) is 15.6 Å². The number of nitrogens with zero attached hydrogens (tertiary/aromatic N) is 2. The van der Waals surface area contributed by atoms with Gasteiger partial charge in [-0.3, -0.25) is 9.69 Å². The Hall–Kier alpha value is -0.590. The fourth-order valence-corrected chi connectivity index (χ4v) is 6.20. The molecule has 1 saturated heterocycles. The minimum absolute atomic E-state index is 0.0719. The van der Waals surface area contributed by atoms with Crippen molar-refractivity contribution in [2.45, 2.75) is 58.4 Å². The number of carbonyl (C=O) groups excluding carboxylic acids is 1. The van der Waals surface area contributed by atoms with Crippen LogP contribution in [0.3, 0.4) is 0 Å². The standard InChI is InChI=1S/C19H31N3OS2/c1-14(2)12-16-21-15(3)17(25-16)18(23)20-13-19(6-4-5-7-19)22-8-10-24-11-9-22/h14H,4-13H2,1-3H3,(H,20,23). The highest BCUT2D eigenvalue weighted by atomic mass is 32.2. The van der Waals surface area contributed by atoms with Crippen LogP contribution < -0.4 is 5.32 Å². The normalized spacial score (nSPS) is 21.0. The average molecular weight is 382 g/mol. The summed E-state index contributed by atoms with van der Waals surface area (Å²) >= 11 is 3.62. The largest absolute Gasteiger partial charge is 0.349 e. The number of hydrogen-bond donors (Lipinski definition) is 1. The summed E-state index contributed by atoms with van der Waals surface area (Å²) in [7, 11) is 0. The zero-order valence-corrected chi connectivity index (χ0v) is 17.4. The highest BCUT2D eigenvalue weighted by Crippen LogP contribution is 2.36. The second kappa shape index (κ2) is 8.40. The van der Waals surface area contributed by atoms with E-state index in [1.807, 2.05) is 6.92 Å². The minimum Gasteiger partial charge on any atom is -0.349 e. The van der Waals surface area contributed by atoms with Gasteiger partial charge in [-0.05, 0) is 25.7 Å². The molecule has 1 aliphatic carbocycles. The number of nitrogens with one attached hydrogen (secondary N) is 1. The first-order valence-corrected chi connectivity index (χ1v) is 11.5. The van der Waals surface area contributed by atoms with E-state index >= 15 is 0 Å². The summed E-state index contributed by atoms with van der Waals surface area (Å²) in [4.78, 5) is 20.8. The van der Waals surface area contributed by atoms with Crippen molar-refractivity contribution in [2.24, 2.45) is 5.92 Å². The number of aryl methyl sites for hydroxylation is 1. The molecule has 6 heteroatoms. The van der Waals surface area contributed by atoms with Gasteiger partial charge in [-0.15, -0.1) is 11.3 Å². The van der Waals surface area contributed by atoms with Crippen LogP contribution >= 0.6 is 23.1 Å². The molecule has 1 aliphatic heterocycles. The van der Waals surface area contributed by atoms with Crippen molar-refractivity contribution in [1.29, 1.82) is 0 Å². The second-order valence-corrected chi connectivity index (χ2v) is 10.1. The Morgan fingerprint density at radius 2 is 1.96 bits per heavy atom. The first-order chi connectivity index (χ1) is 12.0. The van der Waals surface area contributed by atoms with Gasteiger partial charge in [-0.1, -0.05) is 26.7 Å². The molecular formula is C19H31N3OS2. The third-order valence-corrected chi connectivity index (χ3v) is 7.55. The van der Waals surface area contributed by atoms with Crippen LogP contribution in [-0.4, -0.2) is 52.5 Å². The number of thiazole rings is 1. The topological polar surface area (TPSA) is 45.2 Å². The van der Waals surface area contributed by atoms with E-state index in [1.54, 1.807) is 11.3 Å². The lowest BCUT2D eigenvalue weighted by Crippen LogP contribution is -2.56. The van der Waals surface area contributed by atoms with E-state index in [-0.39, 0.29) is 11.4 Å². The minimum atomic E-state index is 0.0719. The van der Waals surface area contributed by atoms with Crippen LogP contribution in [0.1, 0.15) is 59.9 Å². The van der Waals surface area contributed by atoms with Crippen LogP contribution in [0, 0.1) is 12.8 Å². The predicted octanol–water partition coefficient (Wildman–Crippen LogP) is 3.74. The monoisotopic (exact) mass is 381 g/mol. The van der Waals surface area contributed by atoms with Crippen molar-refractivity contribution < 1.29 is 4.79 Å². The lowest BCUT2D eigenvalue weighted by Gasteiger charge is -2.43. The van der Waals surface area contributed by atoms with E-state index in [0.717, 1.165) is 28.5 Å². The van der Waals surface area contributed by atoms with Crippen molar-refractivity contribution in [3.8, 4) is 0 Å². The molecule has 0 atom stereocenters. The zero-order chi connectivity index (χ0) is 17.9. The van der Waals surface area contributed by atoms with Gasteiger partial charge in [0.25, 0.3) is 5.91 Å². The van der Waals surface area contributed by atoms with E-state index in [4.69, 9.17) is 0 Å². The average Bonchev–Trinajstić information content (AvgIpc) is 3.21. The molecule has 2 heterocycles. The molecule has 3 rings (SSSR count). The molecule has 1 amide bonds. The second-order valence-electron chi connectivity index (χ2n) is 7.83. The van der Waals surface area contributed by atoms with E-state index < -0.39 is 0 Å². The van der Waals surface area contributed by atoms with E-state index in [1.165, 1.54) is 50.3 Å². The molecule has 1 aromatic rings. The van der Waals surface area contributed by atoms with Gasteiger partial charge < -0.3 is 5.32 Å². The molecule has 2 aliphatic rings. The van der Waals surface area contributed by atoms with Gasteiger partial charge in [-0.25, -0.2) is 4.98 Å². The van der Waals surface area contributed by atoms with Gasteiger partial charge in [-0.2, -0.15) is 11.8 Å². The third-order valence-electron chi connectivity index (χ3n) is 5.42. The Balaban J connectivity index is 1.65. The molecule has 1 saturated carbocycles. The highest BCUT2D eigenvalue weighted by molar-refractivity contribution is 7.99. The Morgan fingerprint density at radius 1 is 1.28 bits per heavy atom. The molecular weight excluding hydrogens is 350 g/mol. The van der Waals surface area contributed by atoms with Crippen LogP contribution in [0.25, 0.3) is 0 Å². The first kappa shape index (κ1) is 19.2. The third kappa shape index (κ3) is 4.58. The number of carbonyl (C=O) groups is 1. The molecule has 1 N–H and O–H groups in total. The molecule has 140 valence electrons.